The molecule has 19 heavy (non-hydrogen) atoms. The molecule has 0 spiro atoms. The highest BCUT2D eigenvalue weighted by molar-refractivity contribution is 7.89. The Bertz CT molecular complexity index is 457. The maximum absolute atomic E-state index is 13.1. The van der Waals surface area contributed by atoms with Crippen molar-refractivity contribution in [2.75, 3.05) is 0 Å². The summed E-state index contributed by atoms with van der Waals surface area (Å²) in [7, 11) is -3.22. The third kappa shape index (κ3) is 2.75. The highest BCUT2D eigenvalue weighted by Crippen LogP contribution is 2.40. The minimum absolute atomic E-state index is 0.175. The SMILES string of the molecule is CC1(C)C=CCC(C)(C)N1S(=O)(=O)C1CCCCC1. The Kier molecular flexibility index (Phi) is 3.87. The van der Waals surface area contributed by atoms with E-state index in [4.69, 9.17) is 0 Å². The molecule has 110 valence electrons. The maximum atomic E-state index is 13.1. The van der Waals surface area contributed by atoms with Gasteiger partial charge in [0.2, 0.25) is 10.0 Å². The summed E-state index contributed by atoms with van der Waals surface area (Å²) in [5.74, 6) is 0. The van der Waals surface area contributed by atoms with Gasteiger partial charge in [-0.05, 0) is 47.0 Å². The van der Waals surface area contributed by atoms with Crippen LogP contribution in [-0.4, -0.2) is 29.1 Å². The zero-order chi connectivity index (χ0) is 14.3. The van der Waals surface area contributed by atoms with E-state index in [1.165, 1.54) is 6.42 Å². The van der Waals surface area contributed by atoms with E-state index in [-0.39, 0.29) is 10.8 Å². The molecule has 2 aliphatic rings. The zero-order valence-corrected chi connectivity index (χ0v) is 13.5. The van der Waals surface area contributed by atoms with Crippen molar-refractivity contribution in [1.29, 1.82) is 0 Å². The van der Waals surface area contributed by atoms with E-state index < -0.39 is 15.6 Å². The second kappa shape index (κ2) is 4.88. The van der Waals surface area contributed by atoms with E-state index in [0.29, 0.717) is 0 Å². The van der Waals surface area contributed by atoms with E-state index in [2.05, 4.69) is 6.08 Å². The molecule has 0 atom stereocenters. The van der Waals surface area contributed by atoms with Crippen molar-refractivity contribution in [2.24, 2.45) is 0 Å². The summed E-state index contributed by atoms with van der Waals surface area (Å²) in [5, 5.41) is -0.175. The van der Waals surface area contributed by atoms with Crippen molar-refractivity contribution in [2.45, 2.75) is 82.5 Å². The lowest BCUT2D eigenvalue weighted by atomic mass is 9.88. The van der Waals surface area contributed by atoms with Crippen LogP contribution >= 0.6 is 0 Å². The summed E-state index contributed by atoms with van der Waals surface area (Å²) in [4.78, 5) is 0. The molecule has 0 aromatic carbocycles. The van der Waals surface area contributed by atoms with Crippen LogP contribution in [0.5, 0.6) is 0 Å². The molecular weight excluding hydrogens is 258 g/mol. The summed E-state index contributed by atoms with van der Waals surface area (Å²) in [6.45, 7) is 8.09. The molecule has 1 aliphatic carbocycles. The second-order valence-corrected chi connectivity index (χ2v) is 9.20. The summed E-state index contributed by atoms with van der Waals surface area (Å²) in [5.41, 5.74) is -0.743. The molecule has 0 aromatic heterocycles. The first-order chi connectivity index (χ1) is 8.68. The van der Waals surface area contributed by atoms with Gasteiger partial charge < -0.3 is 0 Å². The molecule has 0 saturated heterocycles. The lowest BCUT2D eigenvalue weighted by Gasteiger charge is -2.50. The Morgan fingerprint density at radius 3 is 2.16 bits per heavy atom. The molecule has 0 amide bonds. The average molecular weight is 285 g/mol. The van der Waals surface area contributed by atoms with Gasteiger partial charge in [0.05, 0.1) is 5.25 Å². The smallest absolute Gasteiger partial charge is 0.212 e. The van der Waals surface area contributed by atoms with Gasteiger partial charge in [0.1, 0.15) is 0 Å². The Morgan fingerprint density at radius 2 is 1.63 bits per heavy atom. The fourth-order valence-electron chi connectivity index (χ4n) is 3.75. The summed E-state index contributed by atoms with van der Waals surface area (Å²) in [6, 6.07) is 0. The second-order valence-electron chi connectivity index (χ2n) is 7.14. The monoisotopic (exact) mass is 285 g/mol. The fraction of sp³-hybridized carbons (Fsp3) is 0.867. The number of nitrogens with zero attached hydrogens (tertiary/aromatic N) is 1. The molecule has 0 radical (unpaired) electrons. The van der Waals surface area contributed by atoms with Crippen molar-refractivity contribution in [3.05, 3.63) is 12.2 Å². The summed E-state index contributed by atoms with van der Waals surface area (Å²) in [6.07, 6.45) is 9.89. The Hall–Kier alpha value is -0.350. The molecule has 1 fully saturated rings. The highest BCUT2D eigenvalue weighted by atomic mass is 32.2. The minimum Gasteiger partial charge on any atom is -0.212 e. The largest absolute Gasteiger partial charge is 0.218 e. The Morgan fingerprint density at radius 1 is 1.05 bits per heavy atom. The fourth-order valence-corrected chi connectivity index (χ4v) is 6.46. The summed E-state index contributed by atoms with van der Waals surface area (Å²) < 4.78 is 27.9. The number of rotatable bonds is 2. The van der Waals surface area contributed by atoms with Crippen LogP contribution in [-0.2, 0) is 10.0 Å². The van der Waals surface area contributed by atoms with Gasteiger partial charge in [-0.1, -0.05) is 31.4 Å². The van der Waals surface area contributed by atoms with Gasteiger partial charge in [0.25, 0.3) is 0 Å². The van der Waals surface area contributed by atoms with Gasteiger partial charge in [0, 0.05) is 11.1 Å². The predicted molar refractivity (Wildman–Crippen MR) is 79.5 cm³/mol. The molecule has 1 saturated carbocycles. The third-order valence-electron chi connectivity index (χ3n) is 4.44. The summed E-state index contributed by atoms with van der Waals surface area (Å²) >= 11 is 0. The van der Waals surface area contributed by atoms with Crippen molar-refractivity contribution in [1.82, 2.24) is 4.31 Å². The van der Waals surface area contributed by atoms with Gasteiger partial charge >= 0.3 is 0 Å². The third-order valence-corrected chi connectivity index (χ3v) is 7.23. The standard InChI is InChI=1S/C15H27NO2S/c1-14(2)11-8-12-15(3,4)16(14)19(17,18)13-9-6-5-7-10-13/h8,11,13H,5-7,9-10,12H2,1-4H3. The predicted octanol–water partition coefficient (Wildman–Crippen LogP) is 3.47. The first-order valence-corrected chi connectivity index (χ1v) is 8.90. The Balaban J connectivity index is 2.39. The molecule has 0 bridgehead atoms. The van der Waals surface area contributed by atoms with E-state index in [1.54, 1.807) is 4.31 Å². The van der Waals surface area contributed by atoms with Crippen LogP contribution in [0.25, 0.3) is 0 Å². The van der Waals surface area contributed by atoms with E-state index in [0.717, 1.165) is 32.1 Å². The van der Waals surface area contributed by atoms with Crippen molar-refractivity contribution >= 4 is 10.0 Å². The first-order valence-electron chi connectivity index (χ1n) is 7.40. The lowest BCUT2D eigenvalue weighted by molar-refractivity contribution is 0.131. The van der Waals surface area contributed by atoms with Crippen molar-refractivity contribution in [3.63, 3.8) is 0 Å². The first kappa shape index (κ1) is 15.0. The molecule has 0 aromatic rings. The maximum Gasteiger partial charge on any atom is 0.218 e. The van der Waals surface area contributed by atoms with Gasteiger partial charge in [-0.3, -0.25) is 0 Å². The molecule has 0 N–H and O–H groups in total. The van der Waals surface area contributed by atoms with Gasteiger partial charge in [-0.2, -0.15) is 4.31 Å². The minimum atomic E-state index is -3.22. The van der Waals surface area contributed by atoms with Crippen LogP contribution in [0.4, 0.5) is 0 Å². The highest BCUT2D eigenvalue weighted by Gasteiger charge is 2.48. The Labute approximate surface area is 118 Å². The molecule has 1 heterocycles. The number of hydrogen-bond donors (Lipinski definition) is 0. The quantitative estimate of drug-likeness (QED) is 0.729. The van der Waals surface area contributed by atoms with Crippen LogP contribution < -0.4 is 0 Å². The zero-order valence-electron chi connectivity index (χ0n) is 12.6. The van der Waals surface area contributed by atoms with Crippen molar-refractivity contribution in [3.8, 4) is 0 Å². The van der Waals surface area contributed by atoms with Crippen LogP contribution in [0, 0.1) is 0 Å². The van der Waals surface area contributed by atoms with Gasteiger partial charge in [-0.25, -0.2) is 8.42 Å². The molecular formula is C15H27NO2S. The van der Waals surface area contributed by atoms with Gasteiger partial charge in [-0.15, -0.1) is 0 Å². The van der Waals surface area contributed by atoms with E-state index in [1.807, 2.05) is 33.8 Å². The van der Waals surface area contributed by atoms with Crippen LogP contribution in [0.15, 0.2) is 12.2 Å². The van der Waals surface area contributed by atoms with E-state index in [9.17, 15) is 8.42 Å². The van der Waals surface area contributed by atoms with Crippen LogP contribution in [0.2, 0.25) is 0 Å². The average Bonchev–Trinajstić information content (AvgIpc) is 2.27. The molecule has 0 unspecified atom stereocenters. The van der Waals surface area contributed by atoms with Crippen LogP contribution in [0.3, 0.4) is 0 Å². The number of sulfonamides is 1. The van der Waals surface area contributed by atoms with Crippen LogP contribution in [0.1, 0.15) is 66.2 Å². The topological polar surface area (TPSA) is 37.4 Å². The molecule has 3 nitrogen and oxygen atoms in total. The molecule has 2 rings (SSSR count). The van der Waals surface area contributed by atoms with Crippen molar-refractivity contribution < 1.29 is 8.42 Å². The molecule has 4 heteroatoms. The lowest BCUT2D eigenvalue weighted by Crippen LogP contribution is -2.61. The number of hydrogen-bond acceptors (Lipinski definition) is 2. The van der Waals surface area contributed by atoms with E-state index >= 15 is 0 Å². The van der Waals surface area contributed by atoms with Gasteiger partial charge in [0.15, 0.2) is 0 Å². The molecule has 1 aliphatic heterocycles. The normalized spacial score (nSPS) is 28.4.